The molecule has 1 saturated heterocycles. The number of hydrogen-bond donors (Lipinski definition) is 1. The van der Waals surface area contributed by atoms with Gasteiger partial charge in [-0.1, -0.05) is 18.6 Å². The number of halogens is 3. The van der Waals surface area contributed by atoms with Gasteiger partial charge in [0.2, 0.25) is 10.0 Å². The Balaban J connectivity index is 1.93. The van der Waals surface area contributed by atoms with Crippen LogP contribution >= 0.6 is 0 Å². The van der Waals surface area contributed by atoms with Gasteiger partial charge in [0.15, 0.2) is 5.75 Å². The van der Waals surface area contributed by atoms with E-state index < -0.39 is 28.0 Å². The number of carbonyl (C=O) groups excluding carboxylic acids is 1. The summed E-state index contributed by atoms with van der Waals surface area (Å²) in [4.78, 5) is 12.6. The molecule has 0 spiro atoms. The molecule has 1 fully saturated rings. The highest BCUT2D eigenvalue weighted by atomic mass is 32.2. The molecule has 1 aliphatic rings. The first kappa shape index (κ1) is 23.9. The topological polar surface area (TPSA) is 84.9 Å². The SMILES string of the molecule is COc1ccc(C(=O)Nc2ccccc2OC(F)(F)F)cc1S(=O)(=O)N1CCCCC1C. The van der Waals surface area contributed by atoms with E-state index in [4.69, 9.17) is 4.74 Å². The molecule has 11 heteroatoms. The van der Waals surface area contributed by atoms with Gasteiger partial charge in [0, 0.05) is 18.2 Å². The molecule has 1 unspecified atom stereocenters. The smallest absolute Gasteiger partial charge is 0.495 e. The number of benzene rings is 2. The van der Waals surface area contributed by atoms with Gasteiger partial charge in [-0.2, -0.15) is 4.31 Å². The molecule has 174 valence electrons. The first-order valence-corrected chi connectivity index (χ1v) is 11.3. The first-order valence-electron chi connectivity index (χ1n) is 9.89. The lowest BCUT2D eigenvalue weighted by Crippen LogP contribution is -2.42. The van der Waals surface area contributed by atoms with Crippen molar-refractivity contribution in [3.05, 3.63) is 48.0 Å². The molecule has 2 aromatic carbocycles. The average Bonchev–Trinajstić information content (AvgIpc) is 2.73. The van der Waals surface area contributed by atoms with Crippen LogP contribution in [-0.4, -0.2) is 44.7 Å². The van der Waals surface area contributed by atoms with Crippen LogP contribution in [0, 0.1) is 0 Å². The van der Waals surface area contributed by atoms with Gasteiger partial charge in [-0.25, -0.2) is 8.42 Å². The minimum Gasteiger partial charge on any atom is -0.495 e. The number of hydrogen-bond acceptors (Lipinski definition) is 5. The highest BCUT2D eigenvalue weighted by Gasteiger charge is 2.34. The van der Waals surface area contributed by atoms with Crippen LogP contribution in [0.4, 0.5) is 18.9 Å². The van der Waals surface area contributed by atoms with Crippen molar-refractivity contribution in [3.63, 3.8) is 0 Å². The van der Waals surface area contributed by atoms with E-state index in [0.29, 0.717) is 6.54 Å². The van der Waals surface area contributed by atoms with Gasteiger partial charge in [0.25, 0.3) is 5.91 Å². The molecule has 1 atom stereocenters. The first-order chi connectivity index (χ1) is 15.0. The Morgan fingerprint density at radius 2 is 1.84 bits per heavy atom. The summed E-state index contributed by atoms with van der Waals surface area (Å²) in [6.07, 6.45) is -2.57. The van der Waals surface area contributed by atoms with E-state index in [1.54, 1.807) is 0 Å². The van der Waals surface area contributed by atoms with Gasteiger partial charge >= 0.3 is 6.36 Å². The number of sulfonamides is 1. The molecular formula is C21H23F3N2O5S. The molecule has 0 aliphatic carbocycles. The predicted molar refractivity (Wildman–Crippen MR) is 111 cm³/mol. The van der Waals surface area contributed by atoms with E-state index in [1.165, 1.54) is 41.7 Å². The van der Waals surface area contributed by atoms with Crippen molar-refractivity contribution in [2.24, 2.45) is 0 Å². The maximum Gasteiger partial charge on any atom is 0.573 e. The van der Waals surface area contributed by atoms with E-state index in [1.807, 2.05) is 6.92 Å². The number of nitrogens with one attached hydrogen (secondary N) is 1. The largest absolute Gasteiger partial charge is 0.573 e. The lowest BCUT2D eigenvalue weighted by atomic mass is 10.1. The summed E-state index contributed by atoms with van der Waals surface area (Å²) in [5, 5.41) is 2.34. The fourth-order valence-electron chi connectivity index (χ4n) is 3.55. The van der Waals surface area contributed by atoms with Gasteiger partial charge in [-0.3, -0.25) is 4.79 Å². The van der Waals surface area contributed by atoms with Crippen molar-refractivity contribution in [1.29, 1.82) is 0 Å². The molecular weight excluding hydrogens is 449 g/mol. The number of piperidine rings is 1. The summed E-state index contributed by atoms with van der Waals surface area (Å²) in [6, 6.07) is 8.70. The zero-order chi connectivity index (χ0) is 23.5. The van der Waals surface area contributed by atoms with Crippen LogP contribution in [-0.2, 0) is 10.0 Å². The van der Waals surface area contributed by atoms with Crippen molar-refractivity contribution in [2.45, 2.75) is 43.5 Å². The van der Waals surface area contributed by atoms with Crippen LogP contribution in [0.1, 0.15) is 36.5 Å². The lowest BCUT2D eigenvalue weighted by Gasteiger charge is -2.32. The van der Waals surface area contributed by atoms with Gasteiger partial charge in [-0.15, -0.1) is 13.2 Å². The molecule has 1 N–H and O–H groups in total. The molecule has 0 bridgehead atoms. The molecule has 3 rings (SSSR count). The number of anilines is 1. The molecule has 1 heterocycles. The number of rotatable bonds is 6. The van der Waals surface area contributed by atoms with Crippen molar-refractivity contribution in [1.82, 2.24) is 4.31 Å². The molecule has 0 saturated carbocycles. The van der Waals surface area contributed by atoms with Crippen LogP contribution in [0.25, 0.3) is 0 Å². The minimum atomic E-state index is -4.94. The maximum atomic E-state index is 13.3. The van der Waals surface area contributed by atoms with Crippen molar-refractivity contribution in [3.8, 4) is 11.5 Å². The summed E-state index contributed by atoms with van der Waals surface area (Å²) in [7, 11) is -2.64. The zero-order valence-electron chi connectivity index (χ0n) is 17.5. The molecule has 7 nitrogen and oxygen atoms in total. The number of ether oxygens (including phenoxy) is 2. The fraction of sp³-hybridized carbons (Fsp3) is 0.381. The highest BCUT2D eigenvalue weighted by Crippen LogP contribution is 2.33. The Morgan fingerprint density at radius 3 is 2.50 bits per heavy atom. The molecule has 1 aliphatic heterocycles. The predicted octanol–water partition coefficient (Wildman–Crippen LogP) is 4.41. The monoisotopic (exact) mass is 472 g/mol. The van der Waals surface area contributed by atoms with E-state index >= 15 is 0 Å². The Hall–Kier alpha value is -2.79. The summed E-state index contributed by atoms with van der Waals surface area (Å²) in [6.45, 7) is 2.17. The van der Waals surface area contributed by atoms with Gasteiger partial charge in [0.1, 0.15) is 10.6 Å². The van der Waals surface area contributed by atoms with Crippen LogP contribution in [0.2, 0.25) is 0 Å². The fourth-order valence-corrected chi connectivity index (χ4v) is 5.44. The molecule has 2 aromatic rings. The maximum absolute atomic E-state index is 13.3. The normalized spacial score (nSPS) is 17.6. The Labute approximate surface area is 184 Å². The lowest BCUT2D eigenvalue weighted by molar-refractivity contribution is -0.274. The van der Waals surface area contributed by atoms with Crippen molar-refractivity contribution in [2.75, 3.05) is 19.0 Å². The molecule has 0 radical (unpaired) electrons. The Kier molecular flexibility index (Phi) is 6.99. The molecule has 1 amide bonds. The van der Waals surface area contributed by atoms with Gasteiger partial charge < -0.3 is 14.8 Å². The number of methoxy groups -OCH3 is 1. The second kappa shape index (κ2) is 9.37. The third-order valence-corrected chi connectivity index (χ3v) is 7.15. The van der Waals surface area contributed by atoms with Crippen LogP contribution in [0.5, 0.6) is 11.5 Å². The summed E-state index contributed by atoms with van der Waals surface area (Å²) >= 11 is 0. The second-order valence-corrected chi connectivity index (χ2v) is 9.18. The number of amides is 1. The average molecular weight is 472 g/mol. The summed E-state index contributed by atoms with van der Waals surface area (Å²) < 4.78 is 75.0. The number of alkyl halides is 3. The van der Waals surface area contributed by atoms with Crippen LogP contribution < -0.4 is 14.8 Å². The van der Waals surface area contributed by atoms with Crippen LogP contribution in [0.15, 0.2) is 47.4 Å². The highest BCUT2D eigenvalue weighted by molar-refractivity contribution is 7.89. The third kappa shape index (κ3) is 5.33. The minimum absolute atomic E-state index is 0.0594. The van der Waals surface area contributed by atoms with E-state index in [9.17, 15) is 26.4 Å². The van der Waals surface area contributed by atoms with E-state index in [0.717, 1.165) is 31.4 Å². The summed E-state index contributed by atoms with van der Waals surface area (Å²) in [5.41, 5.74) is -0.268. The van der Waals surface area contributed by atoms with E-state index in [-0.39, 0.29) is 27.9 Å². The Morgan fingerprint density at radius 1 is 1.12 bits per heavy atom. The van der Waals surface area contributed by atoms with Gasteiger partial charge in [-0.05, 0) is 50.1 Å². The van der Waals surface area contributed by atoms with Gasteiger partial charge in [0.05, 0.1) is 12.8 Å². The van der Waals surface area contributed by atoms with Crippen molar-refractivity contribution < 1.29 is 35.9 Å². The van der Waals surface area contributed by atoms with E-state index in [2.05, 4.69) is 10.1 Å². The molecule has 0 aromatic heterocycles. The Bertz CT molecular complexity index is 1090. The quantitative estimate of drug-likeness (QED) is 0.673. The third-order valence-electron chi connectivity index (χ3n) is 5.12. The number of para-hydroxylation sites is 2. The summed E-state index contributed by atoms with van der Waals surface area (Å²) in [5.74, 6) is -1.31. The zero-order valence-corrected chi connectivity index (χ0v) is 18.3. The standard InChI is InChI=1S/C21H23F3N2O5S/c1-14-7-5-6-12-26(14)32(28,29)19-13-15(10-11-18(19)30-2)20(27)25-16-8-3-4-9-17(16)31-21(22,23)24/h3-4,8-11,13-14H,5-7,12H2,1-2H3,(H,25,27). The number of nitrogens with zero attached hydrogens (tertiary/aromatic N) is 1. The second-order valence-electron chi connectivity index (χ2n) is 7.32. The van der Waals surface area contributed by atoms with Crippen molar-refractivity contribution >= 4 is 21.6 Å². The van der Waals surface area contributed by atoms with Crippen LogP contribution in [0.3, 0.4) is 0 Å². The number of carbonyl (C=O) groups is 1. The molecule has 32 heavy (non-hydrogen) atoms.